The first-order chi connectivity index (χ1) is 16.9. The van der Waals surface area contributed by atoms with E-state index in [1.54, 1.807) is 61.7 Å². The van der Waals surface area contributed by atoms with Gasteiger partial charge in [-0.15, -0.1) is 0 Å². The molecule has 2 aliphatic rings. The fraction of sp³-hybridized carbons (Fsp3) is 0.407. The van der Waals surface area contributed by atoms with Crippen molar-refractivity contribution in [2.75, 3.05) is 14.2 Å². The van der Waals surface area contributed by atoms with Crippen LogP contribution in [-0.4, -0.2) is 48.9 Å². The van der Waals surface area contributed by atoms with Gasteiger partial charge in [0.2, 0.25) is 17.7 Å². The summed E-state index contributed by atoms with van der Waals surface area (Å²) in [4.78, 5) is 54.2. The first kappa shape index (κ1) is 24.4. The minimum absolute atomic E-state index is 0.101. The number of ether oxygens (including phenoxy) is 2. The van der Waals surface area contributed by atoms with Crippen molar-refractivity contribution in [2.45, 2.75) is 56.0 Å². The lowest BCUT2D eigenvalue weighted by Gasteiger charge is -2.29. The Kier molecular flexibility index (Phi) is 7.19. The number of hydrogen-bond donors (Lipinski definition) is 1. The van der Waals surface area contributed by atoms with Crippen LogP contribution in [0.4, 0.5) is 0 Å². The smallest absolute Gasteiger partial charge is 0.333 e. The van der Waals surface area contributed by atoms with Gasteiger partial charge in [-0.3, -0.25) is 19.3 Å². The first-order valence-corrected chi connectivity index (χ1v) is 11.8. The lowest BCUT2D eigenvalue weighted by molar-refractivity contribution is -0.145. The number of nitrogens with zero attached hydrogens (tertiary/aromatic N) is 1. The molecule has 1 heterocycles. The van der Waals surface area contributed by atoms with Crippen molar-refractivity contribution in [3.8, 4) is 5.75 Å². The van der Waals surface area contributed by atoms with E-state index in [0.717, 1.165) is 25.7 Å². The van der Waals surface area contributed by atoms with Crippen LogP contribution in [0, 0.1) is 0 Å². The standard InChI is InChI=1S/C27H30N2O6/c1-34-21-14-12-19(13-15-21)27(17-23(31)29(26(27)33)20-10-6-7-11-20)16-22(30)28-24(25(32)35-2)18-8-4-3-5-9-18/h3-5,8-9,12-15,20,24H,6-7,10-11,16-17H2,1-2H3,(H,28,30)/t24-,27-/m0/s1. The average Bonchev–Trinajstić information content (AvgIpc) is 3.49. The van der Waals surface area contributed by atoms with E-state index in [9.17, 15) is 19.2 Å². The second-order valence-electron chi connectivity index (χ2n) is 9.11. The minimum Gasteiger partial charge on any atom is -0.497 e. The molecule has 35 heavy (non-hydrogen) atoms. The second kappa shape index (κ2) is 10.3. The molecule has 8 heteroatoms. The molecule has 2 fully saturated rings. The summed E-state index contributed by atoms with van der Waals surface area (Å²) in [6, 6.07) is 14.5. The number of carbonyl (C=O) groups is 4. The molecule has 0 bridgehead atoms. The number of imide groups is 1. The Hall–Kier alpha value is -3.68. The van der Waals surface area contributed by atoms with Crippen LogP contribution in [0.15, 0.2) is 54.6 Å². The molecular formula is C27H30N2O6. The van der Waals surface area contributed by atoms with Crippen LogP contribution in [0.3, 0.4) is 0 Å². The highest BCUT2D eigenvalue weighted by Gasteiger charge is 2.55. The largest absolute Gasteiger partial charge is 0.497 e. The highest BCUT2D eigenvalue weighted by Crippen LogP contribution is 2.43. The van der Waals surface area contributed by atoms with E-state index in [2.05, 4.69) is 5.32 Å². The summed E-state index contributed by atoms with van der Waals surface area (Å²) in [6.07, 6.45) is 3.12. The number of carbonyl (C=O) groups excluding carboxylic acids is 4. The zero-order valence-corrected chi connectivity index (χ0v) is 20.0. The van der Waals surface area contributed by atoms with Gasteiger partial charge in [0.05, 0.1) is 19.6 Å². The number of hydrogen-bond acceptors (Lipinski definition) is 6. The van der Waals surface area contributed by atoms with Crippen LogP contribution in [0.25, 0.3) is 0 Å². The van der Waals surface area contributed by atoms with E-state index in [1.165, 1.54) is 12.0 Å². The second-order valence-corrected chi connectivity index (χ2v) is 9.11. The van der Waals surface area contributed by atoms with Crippen LogP contribution >= 0.6 is 0 Å². The molecule has 0 spiro atoms. The van der Waals surface area contributed by atoms with Gasteiger partial charge in [-0.05, 0) is 36.1 Å². The van der Waals surface area contributed by atoms with Gasteiger partial charge < -0.3 is 14.8 Å². The molecule has 1 aliphatic carbocycles. The zero-order valence-electron chi connectivity index (χ0n) is 20.0. The molecular weight excluding hydrogens is 448 g/mol. The van der Waals surface area contributed by atoms with Crippen LogP contribution in [0.1, 0.15) is 55.7 Å². The maximum atomic E-state index is 13.9. The number of amides is 3. The Balaban J connectivity index is 1.66. The van der Waals surface area contributed by atoms with Crippen molar-refractivity contribution in [1.29, 1.82) is 0 Å². The van der Waals surface area contributed by atoms with Crippen molar-refractivity contribution < 1.29 is 28.7 Å². The Morgan fingerprint density at radius 1 is 1.03 bits per heavy atom. The number of rotatable bonds is 8. The van der Waals surface area contributed by atoms with Crippen LogP contribution in [-0.2, 0) is 29.3 Å². The monoisotopic (exact) mass is 478 g/mol. The Labute approximate surface area is 204 Å². The summed E-state index contributed by atoms with van der Waals surface area (Å²) in [5, 5.41) is 2.73. The molecule has 0 radical (unpaired) electrons. The third kappa shape index (κ3) is 4.78. The van der Waals surface area contributed by atoms with Crippen molar-refractivity contribution in [3.05, 3.63) is 65.7 Å². The van der Waals surface area contributed by atoms with E-state index in [1.807, 2.05) is 0 Å². The van der Waals surface area contributed by atoms with Gasteiger partial charge in [0.1, 0.15) is 5.75 Å². The van der Waals surface area contributed by atoms with E-state index < -0.39 is 23.3 Å². The van der Waals surface area contributed by atoms with Crippen molar-refractivity contribution in [1.82, 2.24) is 10.2 Å². The number of methoxy groups -OCH3 is 2. The molecule has 0 aromatic heterocycles. The molecule has 2 atom stereocenters. The SMILES string of the molecule is COC(=O)[C@@H](NC(=O)C[C@@]1(c2ccc(OC)cc2)CC(=O)N(C2CCCC2)C1=O)c1ccccc1. The number of likely N-dealkylation sites (tertiary alicyclic amines) is 1. The van der Waals surface area contributed by atoms with E-state index in [4.69, 9.17) is 9.47 Å². The maximum Gasteiger partial charge on any atom is 0.333 e. The van der Waals surface area contributed by atoms with E-state index in [-0.39, 0.29) is 30.7 Å². The number of esters is 1. The summed E-state index contributed by atoms with van der Waals surface area (Å²) < 4.78 is 10.1. The molecule has 2 aromatic carbocycles. The molecule has 1 saturated carbocycles. The number of benzene rings is 2. The van der Waals surface area contributed by atoms with Crippen LogP contribution in [0.2, 0.25) is 0 Å². The van der Waals surface area contributed by atoms with Crippen LogP contribution in [0.5, 0.6) is 5.75 Å². The lowest BCUT2D eigenvalue weighted by Crippen LogP contribution is -2.46. The Morgan fingerprint density at radius 2 is 1.69 bits per heavy atom. The topological polar surface area (TPSA) is 102 Å². The average molecular weight is 479 g/mol. The normalized spacial score (nSPS) is 21.1. The van der Waals surface area contributed by atoms with Crippen molar-refractivity contribution in [3.63, 3.8) is 0 Å². The maximum absolute atomic E-state index is 13.9. The third-order valence-corrected chi connectivity index (χ3v) is 7.02. The fourth-order valence-corrected chi connectivity index (χ4v) is 5.20. The highest BCUT2D eigenvalue weighted by molar-refractivity contribution is 6.11. The molecule has 1 saturated heterocycles. The van der Waals surface area contributed by atoms with Gasteiger partial charge in [0.15, 0.2) is 6.04 Å². The molecule has 184 valence electrons. The predicted molar refractivity (Wildman–Crippen MR) is 127 cm³/mol. The van der Waals surface area contributed by atoms with Gasteiger partial charge >= 0.3 is 5.97 Å². The zero-order chi connectivity index (χ0) is 25.0. The summed E-state index contributed by atoms with van der Waals surface area (Å²) >= 11 is 0. The summed E-state index contributed by atoms with van der Waals surface area (Å²) in [5.41, 5.74) is -0.220. The van der Waals surface area contributed by atoms with Crippen LogP contribution < -0.4 is 10.1 Å². The first-order valence-electron chi connectivity index (χ1n) is 11.8. The molecule has 3 amide bonds. The molecule has 8 nitrogen and oxygen atoms in total. The molecule has 1 aliphatic heterocycles. The van der Waals surface area contributed by atoms with Gasteiger partial charge in [0, 0.05) is 18.9 Å². The van der Waals surface area contributed by atoms with Crippen molar-refractivity contribution in [2.24, 2.45) is 0 Å². The van der Waals surface area contributed by atoms with Gasteiger partial charge in [-0.1, -0.05) is 55.3 Å². The summed E-state index contributed by atoms with van der Waals surface area (Å²) in [6.45, 7) is 0. The molecule has 4 rings (SSSR count). The highest BCUT2D eigenvalue weighted by atomic mass is 16.5. The summed E-state index contributed by atoms with van der Waals surface area (Å²) in [7, 11) is 2.79. The molecule has 2 aromatic rings. The van der Waals surface area contributed by atoms with Gasteiger partial charge in [0.25, 0.3) is 0 Å². The minimum atomic E-state index is -1.35. The van der Waals surface area contributed by atoms with E-state index in [0.29, 0.717) is 16.9 Å². The summed E-state index contributed by atoms with van der Waals surface area (Å²) in [5.74, 6) is -1.16. The van der Waals surface area contributed by atoms with Gasteiger partial charge in [-0.25, -0.2) is 4.79 Å². The number of nitrogens with one attached hydrogen (secondary N) is 1. The molecule has 0 unspecified atom stereocenters. The van der Waals surface area contributed by atoms with Gasteiger partial charge in [-0.2, -0.15) is 0 Å². The van der Waals surface area contributed by atoms with Crippen molar-refractivity contribution >= 4 is 23.7 Å². The Bertz CT molecular complexity index is 1090. The fourth-order valence-electron chi connectivity index (χ4n) is 5.20. The quantitative estimate of drug-likeness (QED) is 0.462. The molecule has 1 N–H and O–H groups in total. The Morgan fingerprint density at radius 3 is 2.29 bits per heavy atom. The third-order valence-electron chi connectivity index (χ3n) is 7.02. The lowest BCUT2D eigenvalue weighted by atomic mass is 9.75. The predicted octanol–water partition coefficient (Wildman–Crippen LogP) is 3.06. The van der Waals surface area contributed by atoms with E-state index >= 15 is 0 Å².